The van der Waals surface area contributed by atoms with Crippen molar-refractivity contribution in [2.45, 2.75) is 38.6 Å². The van der Waals surface area contributed by atoms with E-state index in [1.54, 1.807) is 6.07 Å². The van der Waals surface area contributed by atoms with Gasteiger partial charge in [0, 0.05) is 18.0 Å². The first-order chi connectivity index (χ1) is 8.85. The van der Waals surface area contributed by atoms with Crippen molar-refractivity contribution in [1.29, 1.82) is 0 Å². The Hall–Kier alpha value is -1.37. The van der Waals surface area contributed by atoms with Gasteiger partial charge in [0.15, 0.2) is 9.84 Å². The van der Waals surface area contributed by atoms with Gasteiger partial charge in [0.1, 0.15) is 17.5 Å². The first-order valence-corrected chi connectivity index (χ1v) is 8.29. The Labute approximate surface area is 113 Å². The zero-order chi connectivity index (χ0) is 14.0. The molecule has 1 aromatic rings. The summed E-state index contributed by atoms with van der Waals surface area (Å²) in [6, 6.07) is 1.56. The molecule has 1 unspecified atom stereocenters. The van der Waals surface area contributed by atoms with Crippen LogP contribution in [0.4, 0.5) is 11.6 Å². The molecule has 0 saturated carbocycles. The molecule has 0 aliphatic carbocycles. The van der Waals surface area contributed by atoms with E-state index in [4.69, 9.17) is 5.73 Å². The minimum atomic E-state index is -2.93. The number of nitrogen functional groups attached to an aromatic ring is 1. The van der Waals surface area contributed by atoms with E-state index in [9.17, 15) is 8.42 Å². The predicted octanol–water partition coefficient (Wildman–Crippen LogP) is 1.17. The molecule has 19 heavy (non-hydrogen) atoms. The Morgan fingerprint density at radius 2 is 2.16 bits per heavy atom. The summed E-state index contributed by atoms with van der Waals surface area (Å²) >= 11 is 0. The largest absolute Gasteiger partial charge is 0.384 e. The lowest BCUT2D eigenvalue weighted by Crippen LogP contribution is -2.35. The molecular formula is C12H20N4O2S. The first-order valence-electron chi connectivity index (χ1n) is 6.47. The van der Waals surface area contributed by atoms with Crippen molar-refractivity contribution in [2.24, 2.45) is 0 Å². The SMILES string of the molecule is CC(C)c1nc(N)cc(NC2CCCS(=O)(=O)C2)n1. The van der Waals surface area contributed by atoms with Crippen molar-refractivity contribution in [1.82, 2.24) is 9.97 Å². The number of hydrogen-bond acceptors (Lipinski definition) is 6. The Bertz CT molecular complexity index is 557. The molecule has 3 N–H and O–H groups in total. The summed E-state index contributed by atoms with van der Waals surface area (Å²) in [4.78, 5) is 8.54. The molecule has 2 heterocycles. The third-order valence-electron chi connectivity index (χ3n) is 3.09. The highest BCUT2D eigenvalue weighted by atomic mass is 32.2. The van der Waals surface area contributed by atoms with Gasteiger partial charge in [0.25, 0.3) is 0 Å². The maximum absolute atomic E-state index is 11.6. The van der Waals surface area contributed by atoms with Gasteiger partial charge in [-0.05, 0) is 12.8 Å². The number of nitrogens with one attached hydrogen (secondary N) is 1. The Morgan fingerprint density at radius 3 is 2.79 bits per heavy atom. The molecule has 1 aliphatic heterocycles. The van der Waals surface area contributed by atoms with Crippen molar-refractivity contribution in [2.75, 3.05) is 22.6 Å². The van der Waals surface area contributed by atoms with Gasteiger partial charge in [0.2, 0.25) is 0 Å². The highest BCUT2D eigenvalue weighted by Gasteiger charge is 2.25. The average Bonchev–Trinajstić information content (AvgIpc) is 2.26. The van der Waals surface area contributed by atoms with Gasteiger partial charge in [-0.2, -0.15) is 0 Å². The van der Waals surface area contributed by atoms with E-state index in [2.05, 4.69) is 15.3 Å². The van der Waals surface area contributed by atoms with E-state index >= 15 is 0 Å². The lowest BCUT2D eigenvalue weighted by molar-refractivity contribution is 0.561. The van der Waals surface area contributed by atoms with Crippen molar-refractivity contribution in [3.63, 3.8) is 0 Å². The van der Waals surface area contributed by atoms with Crippen LogP contribution < -0.4 is 11.1 Å². The number of aromatic nitrogens is 2. The highest BCUT2D eigenvalue weighted by molar-refractivity contribution is 7.91. The van der Waals surface area contributed by atoms with Gasteiger partial charge in [-0.25, -0.2) is 18.4 Å². The van der Waals surface area contributed by atoms with Gasteiger partial charge in [-0.1, -0.05) is 13.8 Å². The summed E-state index contributed by atoms with van der Waals surface area (Å²) in [6.07, 6.45) is 1.53. The molecule has 1 fully saturated rings. The Balaban J connectivity index is 2.14. The van der Waals surface area contributed by atoms with E-state index in [-0.39, 0.29) is 23.5 Å². The number of nitrogens with two attached hydrogens (primary N) is 1. The second-order valence-electron chi connectivity index (χ2n) is 5.29. The zero-order valence-electron chi connectivity index (χ0n) is 11.3. The highest BCUT2D eigenvalue weighted by Crippen LogP contribution is 2.19. The molecule has 6 nitrogen and oxygen atoms in total. The zero-order valence-corrected chi connectivity index (χ0v) is 12.1. The van der Waals surface area contributed by atoms with Crippen LogP contribution in [-0.4, -0.2) is 35.9 Å². The topological polar surface area (TPSA) is 98.0 Å². The summed E-state index contributed by atoms with van der Waals surface area (Å²) in [7, 11) is -2.93. The van der Waals surface area contributed by atoms with Gasteiger partial charge in [0.05, 0.1) is 11.5 Å². The van der Waals surface area contributed by atoms with Crippen molar-refractivity contribution >= 4 is 21.5 Å². The molecule has 1 aromatic heterocycles. The molecule has 2 rings (SSSR count). The van der Waals surface area contributed by atoms with E-state index in [0.717, 1.165) is 6.42 Å². The van der Waals surface area contributed by atoms with Crippen LogP contribution in [0.3, 0.4) is 0 Å². The molecule has 0 bridgehead atoms. The van der Waals surface area contributed by atoms with Crippen LogP contribution in [0.25, 0.3) is 0 Å². The standard InChI is InChI=1S/C12H20N4O2S/c1-8(2)12-15-10(13)6-11(16-12)14-9-4-3-5-19(17,18)7-9/h6,8-9H,3-5,7H2,1-2H3,(H3,13,14,15,16). The fourth-order valence-corrected chi connectivity index (χ4v) is 3.80. The van der Waals surface area contributed by atoms with Gasteiger partial charge in [-0.15, -0.1) is 0 Å². The molecule has 0 aromatic carbocycles. The van der Waals surface area contributed by atoms with Crippen molar-refractivity contribution < 1.29 is 8.42 Å². The summed E-state index contributed by atoms with van der Waals surface area (Å²) in [5.74, 6) is 2.31. The van der Waals surface area contributed by atoms with Crippen LogP contribution in [0.1, 0.15) is 38.4 Å². The smallest absolute Gasteiger partial charge is 0.152 e. The number of hydrogen-bond donors (Lipinski definition) is 2. The fraction of sp³-hybridized carbons (Fsp3) is 0.667. The van der Waals surface area contributed by atoms with E-state index in [1.807, 2.05) is 13.8 Å². The summed E-state index contributed by atoms with van der Waals surface area (Å²) in [5.41, 5.74) is 5.75. The minimum Gasteiger partial charge on any atom is -0.384 e. The molecule has 0 radical (unpaired) electrons. The quantitative estimate of drug-likeness (QED) is 0.864. The Morgan fingerprint density at radius 1 is 1.42 bits per heavy atom. The molecule has 1 aliphatic rings. The number of nitrogens with zero attached hydrogens (tertiary/aromatic N) is 2. The third kappa shape index (κ3) is 3.79. The maximum Gasteiger partial charge on any atom is 0.152 e. The van der Waals surface area contributed by atoms with E-state index < -0.39 is 9.84 Å². The average molecular weight is 284 g/mol. The monoisotopic (exact) mass is 284 g/mol. The lowest BCUT2D eigenvalue weighted by Gasteiger charge is -2.23. The van der Waals surface area contributed by atoms with Crippen LogP contribution in [0.5, 0.6) is 0 Å². The summed E-state index contributed by atoms with van der Waals surface area (Å²) in [6.45, 7) is 3.98. The first kappa shape index (κ1) is 14.0. The second-order valence-corrected chi connectivity index (χ2v) is 7.52. The minimum absolute atomic E-state index is 0.0898. The van der Waals surface area contributed by atoms with E-state index in [0.29, 0.717) is 23.9 Å². The second kappa shape index (κ2) is 5.32. The molecule has 1 atom stereocenters. The number of anilines is 2. The van der Waals surface area contributed by atoms with Crippen molar-refractivity contribution in [3.05, 3.63) is 11.9 Å². The Kier molecular flexibility index (Phi) is 3.93. The molecule has 7 heteroatoms. The van der Waals surface area contributed by atoms with Crippen molar-refractivity contribution in [3.8, 4) is 0 Å². The molecule has 1 saturated heterocycles. The predicted molar refractivity (Wildman–Crippen MR) is 75.8 cm³/mol. The maximum atomic E-state index is 11.6. The van der Waals surface area contributed by atoms with Gasteiger partial charge < -0.3 is 11.1 Å². The lowest BCUT2D eigenvalue weighted by atomic mass is 10.2. The van der Waals surface area contributed by atoms with Crippen LogP contribution >= 0.6 is 0 Å². The summed E-state index contributed by atoms with van der Waals surface area (Å²) < 4.78 is 23.2. The van der Waals surface area contributed by atoms with Gasteiger partial charge >= 0.3 is 0 Å². The van der Waals surface area contributed by atoms with Crippen LogP contribution in [0.15, 0.2) is 6.07 Å². The molecule has 0 spiro atoms. The van der Waals surface area contributed by atoms with Gasteiger partial charge in [-0.3, -0.25) is 0 Å². The number of rotatable bonds is 3. The molecular weight excluding hydrogens is 264 g/mol. The third-order valence-corrected chi connectivity index (χ3v) is 4.92. The molecule has 0 amide bonds. The molecule has 106 valence electrons. The van der Waals surface area contributed by atoms with Crippen LogP contribution in [-0.2, 0) is 9.84 Å². The van der Waals surface area contributed by atoms with E-state index in [1.165, 1.54) is 0 Å². The summed E-state index contributed by atoms with van der Waals surface area (Å²) in [5, 5.41) is 3.16. The normalized spacial score (nSPS) is 22.4. The van der Waals surface area contributed by atoms with Crippen LogP contribution in [0, 0.1) is 0 Å². The fourth-order valence-electron chi connectivity index (χ4n) is 2.16. The number of sulfone groups is 1. The van der Waals surface area contributed by atoms with Crippen LogP contribution in [0.2, 0.25) is 0 Å².